The largest absolute Gasteiger partial charge is 0.497 e. The molecular formula is C18H20N2O4S. The molecule has 0 radical (unpaired) electrons. The van der Waals surface area contributed by atoms with Crippen LogP contribution in [0.1, 0.15) is 12.0 Å². The Kier molecular flexibility index (Phi) is 3.94. The first-order valence-electron chi connectivity index (χ1n) is 8.22. The molecule has 25 heavy (non-hydrogen) atoms. The van der Waals surface area contributed by atoms with Crippen molar-refractivity contribution in [2.45, 2.75) is 17.0 Å². The number of nitrogens with one attached hydrogen (secondary N) is 1. The average molecular weight is 360 g/mol. The minimum Gasteiger partial charge on any atom is -0.497 e. The van der Waals surface area contributed by atoms with Crippen LogP contribution in [0.3, 0.4) is 0 Å². The van der Waals surface area contributed by atoms with Crippen molar-refractivity contribution in [1.82, 2.24) is 4.31 Å². The molecule has 2 aromatic carbocycles. The van der Waals surface area contributed by atoms with Gasteiger partial charge in [-0.1, -0.05) is 18.2 Å². The lowest BCUT2D eigenvalue weighted by atomic mass is 9.94. The van der Waals surface area contributed by atoms with Gasteiger partial charge in [0.2, 0.25) is 10.0 Å². The van der Waals surface area contributed by atoms with Crippen LogP contribution in [0.5, 0.6) is 5.75 Å². The van der Waals surface area contributed by atoms with E-state index in [9.17, 15) is 8.42 Å². The Morgan fingerprint density at radius 1 is 1.16 bits per heavy atom. The molecular weight excluding hydrogens is 340 g/mol. The Labute approximate surface area is 147 Å². The molecule has 7 heteroatoms. The molecule has 132 valence electrons. The molecule has 1 N–H and O–H groups in total. The van der Waals surface area contributed by atoms with Gasteiger partial charge in [-0.15, -0.1) is 0 Å². The predicted molar refractivity (Wildman–Crippen MR) is 94.1 cm³/mol. The lowest BCUT2D eigenvalue weighted by molar-refractivity contribution is -0.0609. The highest BCUT2D eigenvalue weighted by atomic mass is 32.2. The second-order valence-electron chi connectivity index (χ2n) is 6.11. The van der Waals surface area contributed by atoms with Crippen molar-refractivity contribution < 1.29 is 17.9 Å². The summed E-state index contributed by atoms with van der Waals surface area (Å²) in [5.41, 5.74) is 0.849. The van der Waals surface area contributed by atoms with Gasteiger partial charge >= 0.3 is 0 Å². The molecule has 4 rings (SSSR count). The summed E-state index contributed by atoms with van der Waals surface area (Å²) in [6.45, 7) is 1.37. The summed E-state index contributed by atoms with van der Waals surface area (Å²) in [4.78, 5) is 0.245. The minimum absolute atomic E-state index is 0.245. The van der Waals surface area contributed by atoms with E-state index in [0.717, 1.165) is 11.3 Å². The Morgan fingerprint density at radius 2 is 1.92 bits per heavy atom. The molecule has 6 nitrogen and oxygen atoms in total. The van der Waals surface area contributed by atoms with Crippen LogP contribution in [-0.4, -0.2) is 39.5 Å². The van der Waals surface area contributed by atoms with Gasteiger partial charge in [0.15, 0.2) is 5.72 Å². The molecule has 1 fully saturated rings. The van der Waals surface area contributed by atoms with E-state index in [1.807, 2.05) is 24.3 Å². The number of hydrogen-bond donors (Lipinski definition) is 1. The molecule has 0 aliphatic carbocycles. The minimum atomic E-state index is -3.69. The smallest absolute Gasteiger partial charge is 0.245 e. The van der Waals surface area contributed by atoms with Crippen LogP contribution >= 0.6 is 0 Å². The number of rotatable bonds is 3. The molecule has 2 aromatic rings. The van der Waals surface area contributed by atoms with E-state index in [1.165, 1.54) is 4.31 Å². The van der Waals surface area contributed by atoms with Crippen LogP contribution in [0.25, 0.3) is 0 Å². The Hall–Kier alpha value is -2.09. The molecule has 0 saturated carbocycles. The zero-order chi connectivity index (χ0) is 17.5. The highest BCUT2D eigenvalue weighted by Gasteiger charge is 2.52. The van der Waals surface area contributed by atoms with Gasteiger partial charge in [-0.25, -0.2) is 8.42 Å². The van der Waals surface area contributed by atoms with Crippen LogP contribution in [0.4, 0.5) is 5.69 Å². The summed E-state index contributed by atoms with van der Waals surface area (Å²) in [6.07, 6.45) is 0.569. The second kappa shape index (κ2) is 6.01. The van der Waals surface area contributed by atoms with E-state index in [2.05, 4.69) is 5.32 Å². The summed E-state index contributed by atoms with van der Waals surface area (Å²) >= 11 is 0. The lowest BCUT2D eigenvalue weighted by Crippen LogP contribution is -2.49. The zero-order valence-electron chi connectivity index (χ0n) is 13.9. The monoisotopic (exact) mass is 360 g/mol. The van der Waals surface area contributed by atoms with Crippen molar-refractivity contribution in [1.29, 1.82) is 0 Å². The third-order valence-electron chi connectivity index (χ3n) is 4.81. The summed E-state index contributed by atoms with van der Waals surface area (Å²) < 4.78 is 39.3. The second-order valence-corrected chi connectivity index (χ2v) is 7.97. The molecule has 0 bridgehead atoms. The fraction of sp³-hybridized carbons (Fsp3) is 0.333. The van der Waals surface area contributed by atoms with Crippen molar-refractivity contribution in [3.8, 4) is 5.75 Å². The molecule has 2 aliphatic rings. The number of nitrogens with zero attached hydrogens (tertiary/aromatic N) is 1. The van der Waals surface area contributed by atoms with E-state index in [1.54, 1.807) is 31.4 Å². The van der Waals surface area contributed by atoms with E-state index >= 15 is 0 Å². The van der Waals surface area contributed by atoms with Crippen molar-refractivity contribution >= 4 is 15.7 Å². The molecule has 2 aliphatic heterocycles. The SMILES string of the molecule is COc1ccc(S(=O)(=O)N2CCOC23CCNc2ccccc23)cc1. The van der Waals surface area contributed by atoms with Gasteiger partial charge in [0.1, 0.15) is 5.75 Å². The number of para-hydroxylation sites is 1. The predicted octanol–water partition coefficient (Wildman–Crippen LogP) is 2.38. The first-order chi connectivity index (χ1) is 12.1. The molecule has 0 amide bonds. The number of methoxy groups -OCH3 is 1. The van der Waals surface area contributed by atoms with E-state index in [0.29, 0.717) is 31.9 Å². The number of ether oxygens (including phenoxy) is 2. The molecule has 0 aromatic heterocycles. The summed E-state index contributed by atoms with van der Waals surface area (Å²) in [6, 6.07) is 14.2. The Balaban J connectivity index is 1.79. The van der Waals surface area contributed by atoms with E-state index in [4.69, 9.17) is 9.47 Å². The fourth-order valence-electron chi connectivity index (χ4n) is 3.63. The number of sulfonamides is 1. The van der Waals surface area contributed by atoms with Gasteiger partial charge in [0, 0.05) is 30.8 Å². The van der Waals surface area contributed by atoms with Crippen LogP contribution in [0.15, 0.2) is 53.4 Å². The van der Waals surface area contributed by atoms with Crippen LogP contribution in [0.2, 0.25) is 0 Å². The quantitative estimate of drug-likeness (QED) is 0.910. The average Bonchev–Trinajstić information content (AvgIpc) is 3.07. The van der Waals surface area contributed by atoms with Gasteiger partial charge in [0.05, 0.1) is 18.6 Å². The van der Waals surface area contributed by atoms with Crippen molar-refractivity contribution in [2.24, 2.45) is 0 Å². The molecule has 1 spiro atoms. The Morgan fingerprint density at radius 3 is 2.68 bits per heavy atom. The first-order valence-corrected chi connectivity index (χ1v) is 9.66. The summed E-state index contributed by atoms with van der Waals surface area (Å²) in [7, 11) is -2.14. The van der Waals surface area contributed by atoms with E-state index < -0.39 is 15.7 Å². The fourth-order valence-corrected chi connectivity index (χ4v) is 5.31. The van der Waals surface area contributed by atoms with Crippen LogP contribution in [0, 0.1) is 0 Å². The van der Waals surface area contributed by atoms with Crippen LogP contribution in [-0.2, 0) is 20.5 Å². The summed E-state index contributed by atoms with van der Waals surface area (Å²) in [5.74, 6) is 0.624. The maximum Gasteiger partial charge on any atom is 0.245 e. The number of fused-ring (bicyclic) bond motifs is 2. The number of anilines is 1. The summed E-state index contributed by atoms with van der Waals surface area (Å²) in [5, 5.41) is 3.32. The van der Waals surface area contributed by atoms with Crippen molar-refractivity contribution in [3.05, 3.63) is 54.1 Å². The number of benzene rings is 2. The van der Waals surface area contributed by atoms with Gasteiger partial charge in [-0.3, -0.25) is 0 Å². The van der Waals surface area contributed by atoms with Crippen molar-refractivity contribution in [3.63, 3.8) is 0 Å². The lowest BCUT2D eigenvalue weighted by Gasteiger charge is -2.40. The van der Waals surface area contributed by atoms with Gasteiger partial charge in [-0.05, 0) is 30.3 Å². The van der Waals surface area contributed by atoms with Crippen molar-refractivity contribution in [2.75, 3.05) is 32.1 Å². The topological polar surface area (TPSA) is 67.9 Å². The van der Waals surface area contributed by atoms with Gasteiger partial charge in [-0.2, -0.15) is 4.31 Å². The van der Waals surface area contributed by atoms with Gasteiger partial charge in [0.25, 0.3) is 0 Å². The highest BCUT2D eigenvalue weighted by molar-refractivity contribution is 7.89. The molecule has 2 heterocycles. The third-order valence-corrected chi connectivity index (χ3v) is 6.74. The molecule has 1 saturated heterocycles. The zero-order valence-corrected chi connectivity index (χ0v) is 14.8. The van der Waals surface area contributed by atoms with Gasteiger partial charge < -0.3 is 14.8 Å². The normalized spacial score (nSPS) is 23.2. The third kappa shape index (κ3) is 2.50. The van der Waals surface area contributed by atoms with E-state index in [-0.39, 0.29) is 4.90 Å². The first kappa shape index (κ1) is 16.4. The maximum atomic E-state index is 13.3. The standard InChI is InChI=1S/C18H20N2O4S/c1-23-14-6-8-15(9-7-14)25(21,22)20-12-13-24-18(20)10-11-19-17-5-3-2-4-16(17)18/h2-9,19H,10-13H2,1H3. The van der Waals surface area contributed by atoms with Crippen LogP contribution < -0.4 is 10.1 Å². The highest BCUT2D eigenvalue weighted by Crippen LogP contribution is 2.46. The molecule has 1 unspecified atom stereocenters. The maximum absolute atomic E-state index is 13.3. The number of hydrogen-bond acceptors (Lipinski definition) is 5. The molecule has 1 atom stereocenters. The Bertz CT molecular complexity index is 882.